The minimum atomic E-state index is -0.411. The van der Waals surface area contributed by atoms with Crippen LogP contribution in [0.1, 0.15) is 77.3 Å². The zero-order valence-corrected chi connectivity index (χ0v) is 53.7. The van der Waals surface area contributed by atoms with Crippen LogP contribution in [0.15, 0.2) is 73.6 Å². The average Bonchev–Trinajstić information content (AvgIpc) is 1.34. The Balaban J connectivity index is 0.626. The molecule has 3 aromatic carbocycles. The summed E-state index contributed by atoms with van der Waals surface area (Å²) in [6.45, 7) is 10.1. The van der Waals surface area contributed by atoms with Crippen molar-refractivity contribution in [3.63, 3.8) is 0 Å². The zero-order chi connectivity index (χ0) is 65.2. The molecule has 0 bridgehead atoms. The summed E-state index contributed by atoms with van der Waals surface area (Å²) in [5.74, 6) is 4.96. The molecule has 7 unspecified atom stereocenters. The zero-order valence-electron chi connectivity index (χ0n) is 53.7. The molecule has 3 aliphatic carbocycles. The van der Waals surface area contributed by atoms with Crippen molar-refractivity contribution in [1.82, 2.24) is 80.1 Å². The van der Waals surface area contributed by atoms with Gasteiger partial charge in [-0.3, -0.25) is 5.32 Å². The van der Waals surface area contributed by atoms with Crippen molar-refractivity contribution < 1.29 is 13.2 Å². The highest BCUT2D eigenvalue weighted by Gasteiger charge is 2.59. The molecule has 3 saturated carbocycles. The molecule has 6 fully saturated rings. The van der Waals surface area contributed by atoms with Gasteiger partial charge in [-0.05, 0) is 99.5 Å². The van der Waals surface area contributed by atoms with Crippen LogP contribution >= 0.6 is 0 Å². The molecule has 12 aromatic rings. The Bertz CT molecular complexity index is 5130. The van der Waals surface area contributed by atoms with Gasteiger partial charge in [0.25, 0.3) is 0 Å². The average molecular weight is 1290 g/mol. The molecule has 3 saturated heterocycles. The Hall–Kier alpha value is -9.99. The van der Waals surface area contributed by atoms with Crippen LogP contribution in [0.4, 0.5) is 47.7 Å². The maximum atomic E-state index is 16.4. The maximum Gasteiger partial charge on any atom is 0.144 e. The van der Waals surface area contributed by atoms with Gasteiger partial charge in [0.05, 0.1) is 56.4 Å². The second kappa shape index (κ2) is 21.8. The van der Waals surface area contributed by atoms with Gasteiger partial charge in [0.2, 0.25) is 0 Å². The summed E-state index contributed by atoms with van der Waals surface area (Å²) in [7, 11) is 3.78. The van der Waals surface area contributed by atoms with Gasteiger partial charge in [0.1, 0.15) is 86.8 Å². The van der Waals surface area contributed by atoms with E-state index in [1.807, 2.05) is 27.8 Å². The number of aromatic amines is 3. The molecule has 27 heteroatoms. The number of hydrogen-bond donors (Lipinski definition) is 8. The lowest BCUT2D eigenvalue weighted by atomic mass is 9.60. The van der Waals surface area contributed by atoms with Gasteiger partial charge in [-0.25, -0.2) is 73.0 Å². The Morgan fingerprint density at radius 1 is 0.562 bits per heavy atom. The second-order valence-electron chi connectivity index (χ2n) is 27.9. The fourth-order valence-electron chi connectivity index (χ4n) is 16.6. The third kappa shape index (κ3) is 9.57. The first-order valence-electron chi connectivity index (χ1n) is 33.0. The van der Waals surface area contributed by atoms with E-state index in [-0.39, 0.29) is 58.5 Å². The molecule has 0 amide bonds. The Morgan fingerprint density at radius 3 is 1.55 bits per heavy atom. The molecule has 7 atom stereocenters. The summed E-state index contributed by atoms with van der Waals surface area (Å²) in [4.78, 5) is 77.3. The molecule has 488 valence electrons. The lowest BCUT2D eigenvalue weighted by Gasteiger charge is -2.60. The molecule has 12 heterocycles. The van der Waals surface area contributed by atoms with E-state index in [2.05, 4.69) is 80.4 Å². The van der Waals surface area contributed by atoms with Crippen LogP contribution in [-0.4, -0.2) is 159 Å². The second-order valence-corrected chi connectivity index (χ2v) is 27.9. The van der Waals surface area contributed by atoms with E-state index in [0.29, 0.717) is 141 Å². The van der Waals surface area contributed by atoms with Crippen molar-refractivity contribution in [3.8, 4) is 0 Å². The van der Waals surface area contributed by atoms with Gasteiger partial charge in [0.15, 0.2) is 0 Å². The number of benzene rings is 3. The highest BCUT2D eigenvalue weighted by atomic mass is 19.1. The van der Waals surface area contributed by atoms with Gasteiger partial charge in [-0.15, -0.1) is 0 Å². The van der Waals surface area contributed by atoms with Crippen LogP contribution in [0, 0.1) is 60.9 Å². The van der Waals surface area contributed by atoms with Crippen molar-refractivity contribution in [3.05, 3.63) is 143 Å². The third-order valence-corrected chi connectivity index (χ3v) is 21.9. The molecule has 96 heavy (non-hydrogen) atoms. The number of nitrogens with zero attached hydrogens (tertiary/aromatic N) is 16. The fourth-order valence-corrected chi connectivity index (χ4v) is 16.6. The Kier molecular flexibility index (Phi) is 13.3. The number of aromatic nitrogens is 15. The van der Waals surface area contributed by atoms with Crippen LogP contribution in [0.3, 0.4) is 0 Å². The van der Waals surface area contributed by atoms with Gasteiger partial charge in [-0.2, -0.15) is 0 Å². The van der Waals surface area contributed by atoms with Gasteiger partial charge < -0.3 is 56.7 Å². The monoisotopic (exact) mass is 1290 g/mol. The highest BCUT2D eigenvalue weighted by Crippen LogP contribution is 2.55. The number of likely N-dealkylation sites (N-methyl/N-ethyl adjacent to an activating group) is 1. The van der Waals surface area contributed by atoms with E-state index < -0.39 is 5.82 Å². The summed E-state index contributed by atoms with van der Waals surface area (Å²) < 4.78 is 48.1. The minimum Gasteiger partial charge on any atom is -0.386 e. The molecule has 2 spiro atoms. The van der Waals surface area contributed by atoms with E-state index in [4.69, 9.17) is 41.4 Å². The number of fused-ring (bicyclic) bond motifs is 10. The van der Waals surface area contributed by atoms with E-state index in [1.54, 1.807) is 68.5 Å². The molecule has 3 aliphatic heterocycles. The van der Waals surface area contributed by atoms with Gasteiger partial charge in [0, 0.05) is 173 Å². The topological polar surface area (TPSA) is 303 Å². The largest absolute Gasteiger partial charge is 0.386 e. The molecule has 9 aromatic heterocycles. The predicted molar refractivity (Wildman–Crippen MR) is 363 cm³/mol. The fraction of sp³-hybridized carbons (Fsp3) is 0.391. The van der Waals surface area contributed by atoms with Gasteiger partial charge in [-0.1, -0.05) is 0 Å². The van der Waals surface area contributed by atoms with Crippen molar-refractivity contribution in [2.75, 3.05) is 90.3 Å². The number of aryl methyl sites for hydroxylation is 3. The van der Waals surface area contributed by atoms with Crippen LogP contribution in [0.2, 0.25) is 0 Å². The molecule has 10 N–H and O–H groups in total. The normalized spacial score (nSPS) is 22.5. The third-order valence-electron chi connectivity index (χ3n) is 21.9. The minimum absolute atomic E-state index is 0.0455. The predicted octanol–water partition coefficient (Wildman–Crippen LogP) is 7.94. The van der Waals surface area contributed by atoms with E-state index in [1.165, 1.54) is 12.1 Å². The Morgan fingerprint density at radius 2 is 1.03 bits per heavy atom. The lowest BCUT2D eigenvalue weighted by Crippen LogP contribution is -2.69. The van der Waals surface area contributed by atoms with Crippen LogP contribution < -0.4 is 47.0 Å². The van der Waals surface area contributed by atoms with Crippen molar-refractivity contribution in [1.29, 1.82) is 0 Å². The molecule has 18 rings (SSSR count). The number of halogens is 3. The summed E-state index contributed by atoms with van der Waals surface area (Å²) in [5.41, 5.74) is 22.5. The summed E-state index contributed by atoms with van der Waals surface area (Å²) in [5, 5.41) is 14.8. The first-order chi connectivity index (χ1) is 46.5. The van der Waals surface area contributed by atoms with E-state index >= 15 is 13.2 Å². The number of hydrogen-bond acceptors (Lipinski definition) is 21. The first kappa shape index (κ1) is 58.6. The maximum absolute atomic E-state index is 16.4. The van der Waals surface area contributed by atoms with Crippen molar-refractivity contribution in [2.45, 2.75) is 89.9 Å². The van der Waals surface area contributed by atoms with Gasteiger partial charge >= 0.3 is 0 Å². The molecule has 24 nitrogen and oxygen atoms in total. The number of rotatable bonds is 16. The SMILES string of the molecule is CNc1cc(F)cc2c1[nH]c1nc(Cc3cnc(C)nc3)nc(N3CCC4(CC4NCNc4cc(F)cc5c4[nH]c4nc(Cc6cnc(C)nc6)nc(N6CC7C(N)C(N(C)c8cc(F)cc9c8[nH]c8nc(Cc%10cnc(C)nc%10)nc(N%10CC%11(CCC%11N)C%10)c89)C7C6)c45)C3)c12. The van der Waals surface area contributed by atoms with Crippen LogP contribution in [0.25, 0.3) is 65.8 Å². The van der Waals surface area contributed by atoms with E-state index in [9.17, 15) is 0 Å². The lowest BCUT2D eigenvalue weighted by molar-refractivity contribution is 0.0560. The number of nitrogens with two attached hydrogens (primary N) is 2. The number of anilines is 6. The molecule has 6 aliphatic rings. The standard InChI is InChI=1S/C69H71F3N24/c1-32-76-20-35(21-77-32)10-51-84-62-54(41-13-38(70)16-46(75-4)58(41)90-62)65(87-51)94-9-8-68(28-94)19-50(68)83-31-82-47-17-39(71)14-42-55-63(91-59(42)47)85-52(11-36-22-78-33(2)79-23-36)88-66(55)95-26-44-45(27-95)61(57(44)74)93(5)48-18-40(72)15-43-56-64(92-60(43)48)86-53(12-37-24-80-34(3)81-25-37)89-67(56)96-29-69(30-96)7-6-49(69)73/h13-18,20-25,44-45,49-50,57,61,75,82-83H,6-12,19,26-31,73-74H2,1-5H3,(H,84,87,90)(H,85,88,91)(H,86,89,92). The summed E-state index contributed by atoms with van der Waals surface area (Å²) >= 11 is 0. The van der Waals surface area contributed by atoms with E-state index in [0.717, 1.165) is 102 Å². The molecule has 0 radical (unpaired) electrons. The highest BCUT2D eigenvalue weighted by molar-refractivity contribution is 6.17. The number of nitrogens with one attached hydrogen (secondary N) is 6. The smallest absolute Gasteiger partial charge is 0.144 e. The van der Waals surface area contributed by atoms with Crippen molar-refractivity contribution in [2.24, 2.45) is 34.1 Å². The molecular weight excluding hydrogens is 1220 g/mol. The first-order valence-corrected chi connectivity index (χ1v) is 33.0. The van der Waals surface area contributed by atoms with Crippen LogP contribution in [0.5, 0.6) is 0 Å². The Labute approximate surface area is 548 Å². The summed E-state index contributed by atoms with van der Waals surface area (Å²) in [6.07, 6.45) is 15.9. The summed E-state index contributed by atoms with van der Waals surface area (Å²) in [6, 6.07) is 9.12. The van der Waals surface area contributed by atoms with Crippen LogP contribution in [-0.2, 0) is 19.3 Å². The quantitative estimate of drug-likeness (QED) is 0.0426. The number of H-pyrrole nitrogens is 3. The van der Waals surface area contributed by atoms with Crippen molar-refractivity contribution >= 4 is 100 Å². The molecular formula is C69H71F3N24.